The third kappa shape index (κ3) is 6.73. The SMILES string of the molecule is CCCCCCc1cc(F)c(C#Cc2ccc(C#Cc3c(F)c(F)c(SC)c(F)c3F)c(C)c2)c(F)c1. The molecule has 0 atom stereocenters. The van der Waals surface area contributed by atoms with Gasteiger partial charge in [0.25, 0.3) is 0 Å². The molecule has 0 heterocycles. The van der Waals surface area contributed by atoms with Crippen LogP contribution in [0.4, 0.5) is 26.3 Å². The van der Waals surface area contributed by atoms with Gasteiger partial charge in [-0.25, -0.2) is 26.3 Å². The third-order valence-corrected chi connectivity index (χ3v) is 6.50. The largest absolute Gasteiger partial charge is 0.206 e. The first-order valence-corrected chi connectivity index (χ1v) is 12.9. The molecule has 0 spiro atoms. The second-order valence-corrected chi connectivity index (χ2v) is 9.26. The second kappa shape index (κ2) is 12.8. The van der Waals surface area contributed by atoms with E-state index in [9.17, 15) is 26.3 Å². The Morgan fingerprint density at radius 3 is 1.89 bits per heavy atom. The van der Waals surface area contributed by atoms with Crippen molar-refractivity contribution in [3.63, 3.8) is 0 Å². The average Bonchev–Trinajstić information content (AvgIpc) is 2.86. The summed E-state index contributed by atoms with van der Waals surface area (Å²) in [5, 5.41) is 0. The lowest BCUT2D eigenvalue weighted by Gasteiger charge is -2.06. The first-order valence-electron chi connectivity index (χ1n) is 11.7. The van der Waals surface area contributed by atoms with Gasteiger partial charge in [0.15, 0.2) is 23.3 Å². The quantitative estimate of drug-likeness (QED) is 0.101. The molecule has 0 saturated heterocycles. The zero-order valence-corrected chi connectivity index (χ0v) is 21.4. The topological polar surface area (TPSA) is 0 Å². The molecule has 0 amide bonds. The number of thioether (sulfide) groups is 1. The number of hydrogen-bond donors (Lipinski definition) is 0. The fourth-order valence-electron chi connectivity index (χ4n) is 3.69. The van der Waals surface area contributed by atoms with Gasteiger partial charge < -0.3 is 0 Å². The van der Waals surface area contributed by atoms with Crippen LogP contribution in [-0.4, -0.2) is 6.26 Å². The standard InChI is InChI=1S/C30H24F6S/c1-4-5-6-7-8-20-16-24(31)22(25(32)17-20)13-10-19-9-11-21(18(2)15-19)12-14-23-26(33)28(35)30(37-3)29(36)27(23)34/h9,11,15-17H,4-8H2,1-3H3. The molecule has 0 N–H and O–H groups in total. The minimum atomic E-state index is -1.56. The summed E-state index contributed by atoms with van der Waals surface area (Å²) in [5.41, 5.74) is 0.572. The van der Waals surface area contributed by atoms with E-state index in [0.717, 1.165) is 25.7 Å². The Morgan fingerprint density at radius 2 is 1.32 bits per heavy atom. The number of hydrogen-bond acceptors (Lipinski definition) is 1. The van der Waals surface area contributed by atoms with Crippen LogP contribution in [-0.2, 0) is 6.42 Å². The molecule has 0 saturated carbocycles. The normalized spacial score (nSPS) is 10.5. The molecule has 0 aliphatic rings. The summed E-state index contributed by atoms with van der Waals surface area (Å²) in [6.45, 7) is 3.74. The maximum absolute atomic E-state index is 14.5. The van der Waals surface area contributed by atoms with Crippen molar-refractivity contribution in [1.82, 2.24) is 0 Å². The predicted molar refractivity (Wildman–Crippen MR) is 135 cm³/mol. The summed E-state index contributed by atoms with van der Waals surface area (Å²) in [4.78, 5) is -0.755. The molecule has 0 fully saturated rings. The Hall–Kier alpha value is -3.29. The summed E-state index contributed by atoms with van der Waals surface area (Å²) in [7, 11) is 0. The van der Waals surface area contributed by atoms with E-state index in [0.29, 0.717) is 40.4 Å². The minimum absolute atomic E-state index is 0.331. The highest BCUT2D eigenvalue weighted by atomic mass is 32.2. The monoisotopic (exact) mass is 530 g/mol. The molecule has 3 aromatic carbocycles. The Labute approximate surface area is 217 Å². The van der Waals surface area contributed by atoms with Crippen LogP contribution in [0.15, 0.2) is 35.2 Å². The fraction of sp³-hybridized carbons (Fsp3) is 0.267. The van der Waals surface area contributed by atoms with Gasteiger partial charge in [-0.05, 0) is 67.5 Å². The smallest absolute Gasteiger partial charge is 0.178 e. The van der Waals surface area contributed by atoms with Gasteiger partial charge in [-0.1, -0.05) is 49.9 Å². The van der Waals surface area contributed by atoms with Gasteiger partial charge in [-0.15, -0.1) is 11.8 Å². The van der Waals surface area contributed by atoms with E-state index in [-0.39, 0.29) is 5.56 Å². The molecular formula is C30H24F6S. The van der Waals surface area contributed by atoms with Crippen molar-refractivity contribution in [2.45, 2.75) is 50.8 Å². The van der Waals surface area contributed by atoms with E-state index >= 15 is 0 Å². The summed E-state index contributed by atoms with van der Waals surface area (Å²) in [6, 6.07) is 7.21. The summed E-state index contributed by atoms with van der Waals surface area (Å²) >= 11 is 0.549. The van der Waals surface area contributed by atoms with Crippen LogP contribution in [0.25, 0.3) is 0 Å². The average molecular weight is 531 g/mol. The number of halogens is 6. The highest BCUT2D eigenvalue weighted by molar-refractivity contribution is 7.98. The molecule has 0 nitrogen and oxygen atoms in total. The lowest BCUT2D eigenvalue weighted by Crippen LogP contribution is -2.03. The van der Waals surface area contributed by atoms with Crippen molar-refractivity contribution < 1.29 is 26.3 Å². The Kier molecular flexibility index (Phi) is 9.78. The van der Waals surface area contributed by atoms with E-state index < -0.39 is 45.4 Å². The second-order valence-electron chi connectivity index (χ2n) is 8.44. The van der Waals surface area contributed by atoms with Crippen LogP contribution in [0, 0.1) is 65.5 Å². The number of benzene rings is 3. The van der Waals surface area contributed by atoms with Gasteiger partial charge in [0.2, 0.25) is 0 Å². The molecule has 0 aliphatic heterocycles. The molecule has 0 radical (unpaired) electrons. The Morgan fingerprint density at radius 1 is 0.703 bits per heavy atom. The van der Waals surface area contributed by atoms with Gasteiger partial charge >= 0.3 is 0 Å². The van der Waals surface area contributed by atoms with Crippen LogP contribution >= 0.6 is 11.8 Å². The number of aryl methyl sites for hydroxylation is 2. The van der Waals surface area contributed by atoms with E-state index in [2.05, 4.69) is 30.6 Å². The Bertz CT molecular complexity index is 1380. The zero-order valence-electron chi connectivity index (χ0n) is 20.6. The van der Waals surface area contributed by atoms with Crippen molar-refractivity contribution in [2.24, 2.45) is 0 Å². The molecule has 0 bridgehead atoms. The van der Waals surface area contributed by atoms with Crippen molar-refractivity contribution >= 4 is 11.8 Å². The Balaban J connectivity index is 1.84. The molecule has 3 aromatic rings. The minimum Gasteiger partial charge on any atom is -0.206 e. The summed E-state index contributed by atoms with van der Waals surface area (Å²) in [5.74, 6) is 2.33. The van der Waals surface area contributed by atoms with Crippen LogP contribution in [0.2, 0.25) is 0 Å². The van der Waals surface area contributed by atoms with Crippen LogP contribution in [0.5, 0.6) is 0 Å². The van der Waals surface area contributed by atoms with Gasteiger partial charge in [-0.2, -0.15) is 0 Å². The first-order chi connectivity index (χ1) is 17.7. The first kappa shape index (κ1) is 28.3. The van der Waals surface area contributed by atoms with Crippen molar-refractivity contribution in [2.75, 3.05) is 6.26 Å². The summed E-state index contributed by atoms with van der Waals surface area (Å²) < 4.78 is 85.4. The zero-order chi connectivity index (χ0) is 27.1. The maximum atomic E-state index is 14.5. The molecular weight excluding hydrogens is 506 g/mol. The van der Waals surface area contributed by atoms with Crippen molar-refractivity contribution in [3.05, 3.63) is 98.6 Å². The molecule has 0 aliphatic carbocycles. The van der Waals surface area contributed by atoms with Gasteiger partial charge in [-0.3, -0.25) is 0 Å². The van der Waals surface area contributed by atoms with Crippen LogP contribution < -0.4 is 0 Å². The molecule has 192 valence electrons. The lowest BCUT2D eigenvalue weighted by atomic mass is 10.0. The lowest BCUT2D eigenvalue weighted by molar-refractivity contribution is 0.423. The highest BCUT2D eigenvalue weighted by Crippen LogP contribution is 2.30. The van der Waals surface area contributed by atoms with Gasteiger partial charge in [0, 0.05) is 11.1 Å². The molecule has 7 heteroatoms. The maximum Gasteiger partial charge on any atom is 0.178 e. The van der Waals surface area contributed by atoms with Crippen molar-refractivity contribution in [1.29, 1.82) is 0 Å². The summed E-state index contributed by atoms with van der Waals surface area (Å²) in [6.07, 6.45) is 5.91. The molecule has 0 unspecified atom stereocenters. The predicted octanol–water partition coefficient (Wildman–Crippen LogP) is 8.47. The number of rotatable bonds is 6. The van der Waals surface area contributed by atoms with E-state index in [1.165, 1.54) is 30.5 Å². The molecule has 37 heavy (non-hydrogen) atoms. The van der Waals surface area contributed by atoms with Crippen LogP contribution in [0.1, 0.15) is 66.0 Å². The van der Waals surface area contributed by atoms with E-state index in [4.69, 9.17) is 0 Å². The van der Waals surface area contributed by atoms with E-state index in [1.807, 2.05) is 0 Å². The van der Waals surface area contributed by atoms with Crippen LogP contribution in [0.3, 0.4) is 0 Å². The number of unbranched alkanes of at least 4 members (excludes halogenated alkanes) is 3. The molecule has 3 rings (SSSR count). The van der Waals surface area contributed by atoms with E-state index in [1.54, 1.807) is 13.0 Å². The van der Waals surface area contributed by atoms with Gasteiger partial charge in [0.1, 0.15) is 17.2 Å². The van der Waals surface area contributed by atoms with Crippen molar-refractivity contribution in [3.8, 4) is 23.7 Å². The fourth-order valence-corrected chi connectivity index (χ4v) is 4.23. The molecule has 0 aromatic heterocycles. The third-order valence-electron chi connectivity index (χ3n) is 5.73. The van der Waals surface area contributed by atoms with Gasteiger partial charge in [0.05, 0.1) is 10.5 Å². The highest BCUT2D eigenvalue weighted by Gasteiger charge is 2.24.